The highest BCUT2D eigenvalue weighted by molar-refractivity contribution is 6.31. The van der Waals surface area contributed by atoms with Gasteiger partial charge in [-0.2, -0.15) is 0 Å². The van der Waals surface area contributed by atoms with E-state index < -0.39 is 24.4 Å². The fraction of sp³-hybridized carbons (Fsp3) is 0.133. The third kappa shape index (κ3) is 6.65. The largest absolute Gasteiger partial charge is 0.439 e. The fourth-order valence-corrected chi connectivity index (χ4v) is 5.23. The van der Waals surface area contributed by atoms with Crippen molar-refractivity contribution in [1.82, 2.24) is 10.6 Å². The van der Waals surface area contributed by atoms with Crippen LogP contribution in [-0.4, -0.2) is 12.2 Å². The highest BCUT2D eigenvalue weighted by Crippen LogP contribution is 2.39. The van der Waals surface area contributed by atoms with Gasteiger partial charge in [0.15, 0.2) is 12.2 Å². The number of cyclic esters (lactones) is 2. The normalized spacial score (nSPS) is 21.4. The Hall–Kier alpha value is -3.42. The maximum Gasteiger partial charge on any atom is 0.408 e. The summed E-state index contributed by atoms with van der Waals surface area (Å²) in [7, 11) is 0. The van der Waals surface area contributed by atoms with Gasteiger partial charge in [0.25, 0.3) is 0 Å². The Morgan fingerprint density at radius 2 is 0.850 bits per heavy atom. The van der Waals surface area contributed by atoms with Crippen LogP contribution in [0.1, 0.15) is 46.5 Å². The van der Waals surface area contributed by atoms with Gasteiger partial charge in [-0.15, -0.1) is 0 Å². The summed E-state index contributed by atoms with van der Waals surface area (Å²) < 4.78 is 10.7. The molecule has 0 saturated carbocycles. The topological polar surface area (TPSA) is 76.7 Å². The predicted molar refractivity (Wildman–Crippen MR) is 156 cm³/mol. The van der Waals surface area contributed by atoms with Crippen molar-refractivity contribution >= 4 is 58.6 Å². The van der Waals surface area contributed by atoms with E-state index >= 15 is 0 Å². The minimum Gasteiger partial charge on any atom is -0.439 e. The molecule has 204 valence electrons. The van der Waals surface area contributed by atoms with Crippen LogP contribution in [0, 0.1) is 0 Å². The van der Waals surface area contributed by atoms with E-state index in [-0.39, 0.29) is 12.1 Å². The van der Waals surface area contributed by atoms with Crippen molar-refractivity contribution in [3.8, 4) is 0 Å². The zero-order chi connectivity index (χ0) is 28.2. The van der Waals surface area contributed by atoms with Crippen LogP contribution in [0.25, 0.3) is 0 Å². The number of rotatable bonds is 4. The molecular weight excluding hydrogens is 594 g/mol. The second-order valence-electron chi connectivity index (χ2n) is 9.11. The number of hydrogen-bond acceptors (Lipinski definition) is 4. The first-order chi connectivity index (χ1) is 19.3. The highest BCUT2D eigenvalue weighted by Gasteiger charge is 2.37. The van der Waals surface area contributed by atoms with Crippen LogP contribution in [0.5, 0.6) is 0 Å². The van der Waals surface area contributed by atoms with Crippen LogP contribution in [-0.2, 0) is 9.47 Å². The van der Waals surface area contributed by atoms with Gasteiger partial charge < -0.3 is 20.1 Å². The first-order valence-electron chi connectivity index (χ1n) is 12.2. The number of carbonyl (C=O) groups excluding carboxylic acids is 2. The van der Waals surface area contributed by atoms with Crippen molar-refractivity contribution < 1.29 is 19.1 Å². The minimum atomic E-state index is -0.435. The molecular formula is C30H22Cl4N2O4. The lowest BCUT2D eigenvalue weighted by Gasteiger charge is -2.17. The summed E-state index contributed by atoms with van der Waals surface area (Å²) in [6.07, 6.45) is -1.67. The van der Waals surface area contributed by atoms with E-state index in [2.05, 4.69) is 10.6 Å². The fourth-order valence-electron chi connectivity index (χ4n) is 4.58. The van der Waals surface area contributed by atoms with E-state index in [1.54, 1.807) is 48.5 Å². The van der Waals surface area contributed by atoms with E-state index in [1.165, 1.54) is 0 Å². The third-order valence-electron chi connectivity index (χ3n) is 6.43. The summed E-state index contributed by atoms with van der Waals surface area (Å²) in [6.45, 7) is 0. The van der Waals surface area contributed by atoms with E-state index in [1.807, 2.05) is 48.5 Å². The predicted octanol–water partition coefficient (Wildman–Crippen LogP) is 9.03. The van der Waals surface area contributed by atoms with Crippen molar-refractivity contribution in [3.63, 3.8) is 0 Å². The molecule has 10 heteroatoms. The molecule has 2 heterocycles. The highest BCUT2D eigenvalue weighted by atomic mass is 35.5. The second-order valence-corrected chi connectivity index (χ2v) is 10.9. The van der Waals surface area contributed by atoms with Gasteiger partial charge in [-0.25, -0.2) is 9.59 Å². The number of benzene rings is 4. The zero-order valence-corrected chi connectivity index (χ0v) is 23.7. The summed E-state index contributed by atoms with van der Waals surface area (Å²) in [5.74, 6) is 0. The van der Waals surface area contributed by atoms with E-state index in [9.17, 15) is 9.59 Å². The van der Waals surface area contributed by atoms with Crippen molar-refractivity contribution in [3.05, 3.63) is 139 Å². The molecule has 6 nitrogen and oxygen atoms in total. The Kier molecular flexibility index (Phi) is 8.72. The molecule has 0 unspecified atom stereocenters. The number of hydrogen-bond donors (Lipinski definition) is 2. The second kappa shape index (κ2) is 12.4. The molecule has 6 rings (SSSR count). The standard InChI is InChI=1S/2C15H11Cl2NO2/c2*16-11-6-4-9(5-7-11)13-14(20-15(19)18-13)10-2-1-3-12(17)8-10/h2*1-8,13-14H,(H,18,19)/t2*13-,14-/m10/s1. The molecule has 0 radical (unpaired) electrons. The zero-order valence-electron chi connectivity index (χ0n) is 20.7. The van der Waals surface area contributed by atoms with Crippen LogP contribution >= 0.6 is 46.4 Å². The van der Waals surface area contributed by atoms with Gasteiger partial charge in [0, 0.05) is 20.1 Å². The molecule has 2 aliphatic rings. The molecule has 2 N–H and O–H groups in total. The minimum absolute atomic E-state index is 0.252. The van der Waals surface area contributed by atoms with Crippen molar-refractivity contribution in [1.29, 1.82) is 0 Å². The maximum absolute atomic E-state index is 11.6. The van der Waals surface area contributed by atoms with Crippen LogP contribution in [0.2, 0.25) is 20.1 Å². The molecule has 0 spiro atoms. The Bertz CT molecular complexity index is 1400. The van der Waals surface area contributed by atoms with E-state index in [4.69, 9.17) is 55.9 Å². The van der Waals surface area contributed by atoms with Crippen LogP contribution in [0.15, 0.2) is 97.1 Å². The van der Waals surface area contributed by atoms with Gasteiger partial charge in [-0.1, -0.05) is 94.9 Å². The summed E-state index contributed by atoms with van der Waals surface area (Å²) in [5.41, 5.74) is 3.59. The average Bonchev–Trinajstić information content (AvgIpc) is 3.53. The van der Waals surface area contributed by atoms with Crippen molar-refractivity contribution in [2.24, 2.45) is 0 Å². The number of carbonyl (C=O) groups is 2. The molecule has 4 aromatic rings. The smallest absolute Gasteiger partial charge is 0.408 e. The first kappa shape index (κ1) is 28.1. The van der Waals surface area contributed by atoms with Gasteiger partial charge in [0.2, 0.25) is 0 Å². The molecule has 4 atom stereocenters. The SMILES string of the molecule is O=C1N[C@@H](c2ccc(Cl)cc2)[C@H](c2cccc(Cl)c2)O1.O=C1N[C@H](c2ccc(Cl)cc2)[C@@H](c2cccc(Cl)c2)O1. The summed E-state index contributed by atoms with van der Waals surface area (Å²) in [6, 6.07) is 28.8. The summed E-state index contributed by atoms with van der Waals surface area (Å²) >= 11 is 23.8. The molecule has 0 aliphatic carbocycles. The van der Waals surface area contributed by atoms with Crippen LogP contribution < -0.4 is 10.6 Å². The molecule has 2 amide bonds. The van der Waals surface area contributed by atoms with E-state index in [0.29, 0.717) is 20.1 Å². The van der Waals surface area contributed by atoms with Gasteiger partial charge in [0.1, 0.15) is 0 Å². The van der Waals surface area contributed by atoms with Crippen molar-refractivity contribution in [2.45, 2.75) is 24.3 Å². The lowest BCUT2D eigenvalue weighted by molar-refractivity contribution is 0.131. The van der Waals surface area contributed by atoms with Gasteiger partial charge in [-0.05, 0) is 70.8 Å². The number of ether oxygens (including phenoxy) is 2. The first-order valence-corrected chi connectivity index (χ1v) is 13.7. The molecule has 2 aliphatic heterocycles. The van der Waals surface area contributed by atoms with Crippen LogP contribution in [0.4, 0.5) is 9.59 Å². The maximum atomic E-state index is 11.6. The quantitative estimate of drug-likeness (QED) is 0.240. The van der Waals surface area contributed by atoms with Gasteiger partial charge in [-0.3, -0.25) is 0 Å². The number of halogens is 4. The number of alkyl carbamates (subject to hydrolysis) is 2. The monoisotopic (exact) mass is 614 g/mol. The van der Waals surface area contributed by atoms with E-state index in [0.717, 1.165) is 22.3 Å². The molecule has 0 bridgehead atoms. The Morgan fingerprint density at radius 3 is 1.20 bits per heavy atom. The lowest BCUT2D eigenvalue weighted by Crippen LogP contribution is -2.19. The molecule has 2 fully saturated rings. The summed E-state index contributed by atoms with van der Waals surface area (Å²) in [4.78, 5) is 23.1. The molecule has 2 saturated heterocycles. The number of nitrogens with one attached hydrogen (secondary N) is 2. The third-order valence-corrected chi connectivity index (χ3v) is 7.41. The Morgan fingerprint density at radius 1 is 0.475 bits per heavy atom. The summed E-state index contributed by atoms with van der Waals surface area (Å²) in [5, 5.41) is 8.15. The average molecular weight is 616 g/mol. The van der Waals surface area contributed by atoms with Gasteiger partial charge in [0.05, 0.1) is 12.1 Å². The molecule has 0 aromatic heterocycles. The Balaban J connectivity index is 0.000000161. The van der Waals surface area contributed by atoms with Gasteiger partial charge >= 0.3 is 12.2 Å². The number of amides is 2. The molecule has 4 aromatic carbocycles. The van der Waals surface area contributed by atoms with Crippen molar-refractivity contribution in [2.75, 3.05) is 0 Å². The molecule has 40 heavy (non-hydrogen) atoms. The van der Waals surface area contributed by atoms with Crippen LogP contribution in [0.3, 0.4) is 0 Å². The Labute approximate surface area is 251 Å². The lowest BCUT2D eigenvalue weighted by atomic mass is 9.97.